The Morgan fingerprint density at radius 1 is 0.568 bits per heavy atom. The van der Waals surface area contributed by atoms with Gasteiger partial charge in [-0.25, -0.2) is 0 Å². The molecule has 4 aromatic carbocycles. The Kier molecular flexibility index (Phi) is 12.7. The largest absolute Gasteiger partial charge is 0.497 e. The van der Waals surface area contributed by atoms with Crippen molar-refractivity contribution in [3.63, 3.8) is 0 Å². The summed E-state index contributed by atoms with van der Waals surface area (Å²) < 4.78 is 38.5. The van der Waals surface area contributed by atoms with Crippen molar-refractivity contribution in [2.75, 3.05) is 19.5 Å². The lowest BCUT2D eigenvalue weighted by atomic mass is 9.98. The van der Waals surface area contributed by atoms with E-state index in [2.05, 4.69) is 43.3 Å². The Labute approximate surface area is 265 Å². The molecule has 6 nitrogen and oxygen atoms in total. The summed E-state index contributed by atoms with van der Waals surface area (Å²) in [6.07, 6.45) is -1.57. The molecule has 232 valence electrons. The van der Waals surface area contributed by atoms with Gasteiger partial charge >= 0.3 is 0 Å². The highest BCUT2D eigenvalue weighted by Crippen LogP contribution is 2.35. The Morgan fingerprint density at radius 2 is 1.05 bits per heavy atom. The molecule has 5 atom stereocenters. The van der Waals surface area contributed by atoms with Gasteiger partial charge in [0.15, 0.2) is 0 Å². The van der Waals surface area contributed by atoms with Gasteiger partial charge in [-0.3, -0.25) is 0 Å². The number of hydrogen-bond donors (Lipinski definition) is 0. The van der Waals surface area contributed by atoms with E-state index in [4.69, 9.17) is 28.4 Å². The minimum absolute atomic E-state index is 0.258. The van der Waals surface area contributed by atoms with Crippen LogP contribution in [0.2, 0.25) is 0 Å². The second kappa shape index (κ2) is 17.4. The van der Waals surface area contributed by atoms with Gasteiger partial charge in [0.1, 0.15) is 35.6 Å². The molecule has 7 heteroatoms. The third kappa shape index (κ3) is 9.41. The van der Waals surface area contributed by atoms with Gasteiger partial charge in [-0.2, -0.15) is 0 Å². The smallest absolute Gasteiger partial charge is 0.132 e. The number of methoxy groups -OCH3 is 1. The van der Waals surface area contributed by atoms with E-state index in [0.717, 1.165) is 33.8 Å². The summed E-state index contributed by atoms with van der Waals surface area (Å²) >= 11 is 1.72. The van der Waals surface area contributed by atoms with Gasteiger partial charge in [0.05, 0.1) is 40.1 Å². The molecule has 1 fully saturated rings. The van der Waals surface area contributed by atoms with Gasteiger partial charge in [-0.15, -0.1) is 11.8 Å². The van der Waals surface area contributed by atoms with Gasteiger partial charge in [0.25, 0.3) is 0 Å². The first-order chi connectivity index (χ1) is 21.7. The highest BCUT2D eigenvalue weighted by Gasteiger charge is 2.48. The van der Waals surface area contributed by atoms with Gasteiger partial charge in [-0.05, 0) is 40.1 Å². The topological polar surface area (TPSA) is 55.4 Å². The monoisotopic (exact) mass is 614 g/mol. The molecule has 0 amide bonds. The highest BCUT2D eigenvalue weighted by molar-refractivity contribution is 7.99. The molecular weight excluding hydrogens is 572 g/mol. The van der Waals surface area contributed by atoms with E-state index >= 15 is 0 Å². The third-order valence-corrected chi connectivity index (χ3v) is 8.53. The van der Waals surface area contributed by atoms with Crippen LogP contribution in [0.1, 0.15) is 29.2 Å². The predicted molar refractivity (Wildman–Crippen MR) is 174 cm³/mol. The lowest BCUT2D eigenvalue weighted by molar-refractivity contribution is -0.254. The number of ether oxygens (including phenoxy) is 6. The first kappa shape index (κ1) is 32.2. The van der Waals surface area contributed by atoms with E-state index in [1.54, 1.807) is 18.9 Å². The van der Waals surface area contributed by atoms with E-state index in [0.29, 0.717) is 33.0 Å². The Balaban J connectivity index is 1.41. The second-order valence-electron chi connectivity index (χ2n) is 10.6. The molecule has 4 aromatic rings. The van der Waals surface area contributed by atoms with E-state index in [1.165, 1.54) is 0 Å². The lowest BCUT2D eigenvalue weighted by Gasteiger charge is -2.46. The number of rotatable bonds is 16. The molecule has 0 saturated carbocycles. The average molecular weight is 615 g/mol. The van der Waals surface area contributed by atoms with Crippen LogP contribution >= 0.6 is 11.8 Å². The second-order valence-corrected chi connectivity index (χ2v) is 12.0. The molecular formula is C37H42O6S. The van der Waals surface area contributed by atoms with Gasteiger partial charge in [-0.1, -0.05) is 110 Å². The molecule has 0 unspecified atom stereocenters. The molecule has 0 aliphatic carbocycles. The molecule has 1 aliphatic rings. The van der Waals surface area contributed by atoms with Crippen LogP contribution in [0.5, 0.6) is 5.75 Å². The quantitative estimate of drug-likeness (QED) is 0.130. The van der Waals surface area contributed by atoms with Gasteiger partial charge < -0.3 is 28.4 Å². The summed E-state index contributed by atoms with van der Waals surface area (Å²) in [5, 5.41) is 0. The standard InChI is InChI=1S/C37H42O6S/c1-3-44-37-36(42-25-30-17-11-6-12-18-30)35(41-26-31-19-21-32(38-2)22-20-31)34(40-24-29-15-9-5-10-16-29)33(43-37)27-39-23-28-13-7-4-8-14-28/h4-22,33-37H,3,23-27H2,1-2H3/t33-,34-,35+,36-,37+/m1/s1. The maximum Gasteiger partial charge on any atom is 0.132 e. The predicted octanol–water partition coefficient (Wildman–Crippen LogP) is 7.45. The average Bonchev–Trinajstić information content (AvgIpc) is 3.08. The van der Waals surface area contributed by atoms with Gasteiger partial charge in [0.2, 0.25) is 0 Å². The van der Waals surface area contributed by atoms with Crippen molar-refractivity contribution >= 4 is 11.8 Å². The molecule has 1 heterocycles. The van der Waals surface area contributed by atoms with Crippen LogP contribution in [-0.2, 0) is 50.1 Å². The van der Waals surface area contributed by atoms with Crippen LogP contribution in [0.4, 0.5) is 0 Å². The van der Waals surface area contributed by atoms with E-state index in [-0.39, 0.29) is 17.6 Å². The molecule has 0 bridgehead atoms. The summed E-state index contributed by atoms with van der Waals surface area (Å²) in [6, 6.07) is 38.5. The molecule has 0 spiro atoms. The highest BCUT2D eigenvalue weighted by atomic mass is 32.2. The summed E-state index contributed by atoms with van der Waals surface area (Å²) in [7, 11) is 1.67. The van der Waals surface area contributed by atoms with Crippen molar-refractivity contribution in [3.05, 3.63) is 138 Å². The van der Waals surface area contributed by atoms with Crippen LogP contribution < -0.4 is 4.74 Å². The van der Waals surface area contributed by atoms with Crippen LogP contribution in [0, 0.1) is 0 Å². The van der Waals surface area contributed by atoms with E-state index < -0.39 is 12.2 Å². The maximum absolute atomic E-state index is 6.78. The van der Waals surface area contributed by atoms with E-state index in [1.807, 2.05) is 78.9 Å². The van der Waals surface area contributed by atoms with Crippen LogP contribution in [0.15, 0.2) is 115 Å². The first-order valence-corrected chi connectivity index (χ1v) is 16.2. The minimum Gasteiger partial charge on any atom is -0.497 e. The number of benzene rings is 4. The summed E-state index contributed by atoms with van der Waals surface area (Å²) in [6.45, 7) is 4.24. The van der Waals surface area contributed by atoms with Gasteiger partial charge in [0, 0.05) is 0 Å². The fraction of sp³-hybridized carbons (Fsp3) is 0.351. The Bertz CT molecular complexity index is 1340. The molecule has 1 saturated heterocycles. The number of hydrogen-bond acceptors (Lipinski definition) is 7. The van der Waals surface area contributed by atoms with Crippen molar-refractivity contribution < 1.29 is 28.4 Å². The van der Waals surface area contributed by atoms with Crippen molar-refractivity contribution in [3.8, 4) is 5.75 Å². The first-order valence-electron chi connectivity index (χ1n) is 15.2. The molecule has 0 N–H and O–H groups in total. The van der Waals surface area contributed by atoms with Crippen molar-refractivity contribution in [2.24, 2.45) is 0 Å². The molecule has 0 aromatic heterocycles. The van der Waals surface area contributed by atoms with Crippen molar-refractivity contribution in [2.45, 2.75) is 63.2 Å². The maximum atomic E-state index is 6.78. The Hall–Kier alpha value is -3.17. The van der Waals surface area contributed by atoms with Crippen LogP contribution in [0.25, 0.3) is 0 Å². The fourth-order valence-corrected chi connectivity index (χ4v) is 6.17. The molecule has 5 rings (SSSR count). The van der Waals surface area contributed by atoms with Crippen molar-refractivity contribution in [1.82, 2.24) is 0 Å². The third-order valence-electron chi connectivity index (χ3n) is 7.49. The normalized spacial score (nSPS) is 21.6. The molecule has 0 radical (unpaired) electrons. The zero-order valence-electron chi connectivity index (χ0n) is 25.5. The Morgan fingerprint density at radius 3 is 1.57 bits per heavy atom. The zero-order chi connectivity index (χ0) is 30.4. The minimum atomic E-state index is -0.432. The summed E-state index contributed by atoms with van der Waals surface area (Å²) in [4.78, 5) is 0. The SMILES string of the molecule is CCS[C@@H]1O[C@H](COCc2ccccc2)[C@@H](OCc2ccccc2)[C@H](OCc2ccc(OC)cc2)[C@H]1OCc1ccccc1. The lowest BCUT2D eigenvalue weighted by Crippen LogP contribution is -2.60. The van der Waals surface area contributed by atoms with E-state index in [9.17, 15) is 0 Å². The number of thioether (sulfide) groups is 1. The molecule has 44 heavy (non-hydrogen) atoms. The van der Waals surface area contributed by atoms with Crippen LogP contribution in [0.3, 0.4) is 0 Å². The van der Waals surface area contributed by atoms with Crippen molar-refractivity contribution in [1.29, 1.82) is 0 Å². The fourth-order valence-electron chi connectivity index (χ4n) is 5.19. The zero-order valence-corrected chi connectivity index (χ0v) is 26.3. The molecule has 1 aliphatic heterocycles. The van der Waals surface area contributed by atoms with Crippen LogP contribution in [-0.4, -0.2) is 49.3 Å². The summed E-state index contributed by atoms with van der Waals surface area (Å²) in [5.41, 5.74) is 4.07. The summed E-state index contributed by atoms with van der Waals surface area (Å²) in [5.74, 6) is 1.68.